The molecule has 5 nitrogen and oxygen atoms in total. The van der Waals surface area contributed by atoms with Crippen molar-refractivity contribution in [3.8, 4) is 0 Å². The standard InChI is InChI=1S/C21H23N3O2/c1-4-13-24-21(26)18-12-8-7-11-17(18)19(23-24)20(25)22-15(3)16-10-6-5-9-14(16)2/h5-12,15H,4,13H2,1-3H3,(H,22,25)/t15-/m0/s1. The summed E-state index contributed by atoms with van der Waals surface area (Å²) < 4.78 is 1.38. The third-order valence-corrected chi connectivity index (χ3v) is 4.52. The van der Waals surface area contributed by atoms with Crippen molar-refractivity contribution in [1.82, 2.24) is 15.1 Å². The molecular weight excluding hydrogens is 326 g/mol. The average molecular weight is 349 g/mol. The van der Waals surface area contributed by atoms with E-state index in [1.165, 1.54) is 4.68 Å². The largest absolute Gasteiger partial charge is 0.344 e. The Kier molecular flexibility index (Phi) is 5.16. The predicted molar refractivity (Wildman–Crippen MR) is 103 cm³/mol. The quantitative estimate of drug-likeness (QED) is 0.765. The van der Waals surface area contributed by atoms with Gasteiger partial charge in [-0.05, 0) is 37.5 Å². The smallest absolute Gasteiger partial charge is 0.274 e. The molecule has 0 saturated heterocycles. The highest BCUT2D eigenvalue weighted by Gasteiger charge is 2.19. The molecular formula is C21H23N3O2. The molecule has 1 N–H and O–H groups in total. The Hall–Kier alpha value is -2.95. The van der Waals surface area contributed by atoms with Crippen LogP contribution in [0.25, 0.3) is 10.8 Å². The molecule has 0 saturated carbocycles. The highest BCUT2D eigenvalue weighted by atomic mass is 16.2. The molecule has 0 aliphatic heterocycles. The van der Waals surface area contributed by atoms with E-state index in [1.807, 2.05) is 51.1 Å². The van der Waals surface area contributed by atoms with Crippen molar-refractivity contribution in [3.05, 3.63) is 75.7 Å². The lowest BCUT2D eigenvalue weighted by Crippen LogP contribution is -2.32. The van der Waals surface area contributed by atoms with E-state index in [0.717, 1.165) is 17.5 Å². The van der Waals surface area contributed by atoms with Gasteiger partial charge in [-0.2, -0.15) is 5.10 Å². The van der Waals surface area contributed by atoms with Gasteiger partial charge >= 0.3 is 0 Å². The van der Waals surface area contributed by atoms with Gasteiger partial charge in [0.2, 0.25) is 0 Å². The molecule has 0 radical (unpaired) electrons. The van der Waals surface area contributed by atoms with Crippen LogP contribution in [0.5, 0.6) is 0 Å². The predicted octanol–water partition coefficient (Wildman–Crippen LogP) is 3.61. The Bertz CT molecular complexity index is 1010. The molecule has 1 aromatic heterocycles. The first-order valence-corrected chi connectivity index (χ1v) is 8.89. The normalized spacial score (nSPS) is 12.1. The number of carbonyl (C=O) groups is 1. The topological polar surface area (TPSA) is 64.0 Å². The Labute approximate surface area is 152 Å². The Morgan fingerprint density at radius 1 is 1.12 bits per heavy atom. The minimum Gasteiger partial charge on any atom is -0.344 e. The van der Waals surface area contributed by atoms with Crippen molar-refractivity contribution in [2.24, 2.45) is 0 Å². The van der Waals surface area contributed by atoms with Gasteiger partial charge in [0.25, 0.3) is 11.5 Å². The van der Waals surface area contributed by atoms with Crippen LogP contribution in [0.4, 0.5) is 0 Å². The molecule has 0 aliphatic rings. The molecule has 0 aliphatic carbocycles. The molecule has 0 spiro atoms. The number of carbonyl (C=O) groups excluding carboxylic acids is 1. The molecule has 5 heteroatoms. The van der Waals surface area contributed by atoms with Crippen LogP contribution in [0.15, 0.2) is 53.3 Å². The summed E-state index contributed by atoms with van der Waals surface area (Å²) in [6, 6.07) is 14.9. The van der Waals surface area contributed by atoms with Gasteiger partial charge in [-0.3, -0.25) is 9.59 Å². The van der Waals surface area contributed by atoms with E-state index >= 15 is 0 Å². The first-order valence-electron chi connectivity index (χ1n) is 8.89. The highest BCUT2D eigenvalue weighted by molar-refractivity contribution is 6.04. The van der Waals surface area contributed by atoms with Gasteiger partial charge in [-0.1, -0.05) is 49.4 Å². The molecule has 2 aromatic carbocycles. The van der Waals surface area contributed by atoms with Gasteiger partial charge in [0.05, 0.1) is 11.4 Å². The first kappa shape index (κ1) is 17.9. The molecule has 3 rings (SSSR count). The summed E-state index contributed by atoms with van der Waals surface area (Å²) in [5, 5.41) is 8.47. The van der Waals surface area contributed by atoms with Gasteiger partial charge in [0.15, 0.2) is 5.69 Å². The first-order chi connectivity index (χ1) is 12.5. The average Bonchev–Trinajstić information content (AvgIpc) is 2.64. The molecule has 1 amide bonds. The van der Waals surface area contributed by atoms with E-state index in [9.17, 15) is 9.59 Å². The summed E-state index contributed by atoms with van der Waals surface area (Å²) in [6.45, 7) is 6.43. The van der Waals surface area contributed by atoms with E-state index in [4.69, 9.17) is 0 Å². The number of aromatic nitrogens is 2. The molecule has 1 atom stereocenters. The maximum Gasteiger partial charge on any atom is 0.274 e. The van der Waals surface area contributed by atoms with Crippen LogP contribution in [-0.4, -0.2) is 15.7 Å². The van der Waals surface area contributed by atoms with Gasteiger partial charge in [0.1, 0.15) is 0 Å². The van der Waals surface area contributed by atoms with E-state index in [2.05, 4.69) is 10.4 Å². The second-order valence-electron chi connectivity index (χ2n) is 6.47. The maximum absolute atomic E-state index is 12.9. The number of nitrogens with zero attached hydrogens (tertiary/aromatic N) is 2. The number of nitrogens with one attached hydrogen (secondary N) is 1. The van der Waals surface area contributed by atoms with Crippen LogP contribution in [-0.2, 0) is 6.54 Å². The number of hydrogen-bond donors (Lipinski definition) is 1. The zero-order valence-corrected chi connectivity index (χ0v) is 15.3. The fraction of sp³-hybridized carbons (Fsp3) is 0.286. The number of fused-ring (bicyclic) bond motifs is 1. The summed E-state index contributed by atoms with van der Waals surface area (Å²) >= 11 is 0. The van der Waals surface area contributed by atoms with Gasteiger partial charge in [-0.15, -0.1) is 0 Å². The van der Waals surface area contributed by atoms with Crippen LogP contribution in [0.1, 0.15) is 47.9 Å². The third-order valence-electron chi connectivity index (χ3n) is 4.52. The number of benzene rings is 2. The van der Waals surface area contributed by atoms with E-state index in [1.54, 1.807) is 18.2 Å². The molecule has 0 unspecified atom stereocenters. The summed E-state index contributed by atoms with van der Waals surface area (Å²) in [7, 11) is 0. The van der Waals surface area contributed by atoms with Gasteiger partial charge < -0.3 is 5.32 Å². The number of hydrogen-bond acceptors (Lipinski definition) is 3. The lowest BCUT2D eigenvalue weighted by Gasteiger charge is -2.17. The van der Waals surface area contributed by atoms with E-state index < -0.39 is 0 Å². The van der Waals surface area contributed by atoms with E-state index in [0.29, 0.717) is 17.3 Å². The lowest BCUT2D eigenvalue weighted by molar-refractivity contribution is 0.0934. The lowest BCUT2D eigenvalue weighted by atomic mass is 10.0. The number of rotatable bonds is 5. The maximum atomic E-state index is 12.9. The van der Waals surface area contributed by atoms with Crippen molar-refractivity contribution >= 4 is 16.7 Å². The summed E-state index contributed by atoms with van der Waals surface area (Å²) in [6.07, 6.45) is 0.770. The third kappa shape index (κ3) is 3.38. The second-order valence-corrected chi connectivity index (χ2v) is 6.47. The minimum absolute atomic E-state index is 0.157. The van der Waals surface area contributed by atoms with Crippen LogP contribution in [0.2, 0.25) is 0 Å². The van der Waals surface area contributed by atoms with Crippen LogP contribution >= 0.6 is 0 Å². The van der Waals surface area contributed by atoms with Crippen molar-refractivity contribution in [2.75, 3.05) is 0 Å². The molecule has 1 heterocycles. The van der Waals surface area contributed by atoms with Crippen molar-refractivity contribution in [1.29, 1.82) is 0 Å². The zero-order chi connectivity index (χ0) is 18.7. The SMILES string of the molecule is CCCn1nc(C(=O)N[C@@H](C)c2ccccc2C)c2ccccc2c1=O. The van der Waals surface area contributed by atoms with Crippen LogP contribution < -0.4 is 10.9 Å². The number of amides is 1. The fourth-order valence-corrected chi connectivity index (χ4v) is 3.18. The fourth-order valence-electron chi connectivity index (χ4n) is 3.18. The minimum atomic E-state index is -0.276. The molecule has 3 aromatic rings. The number of aryl methyl sites for hydroxylation is 2. The Morgan fingerprint density at radius 3 is 2.46 bits per heavy atom. The van der Waals surface area contributed by atoms with Gasteiger partial charge in [-0.25, -0.2) is 4.68 Å². The highest BCUT2D eigenvalue weighted by Crippen LogP contribution is 2.19. The summed E-state index contributed by atoms with van der Waals surface area (Å²) in [4.78, 5) is 25.5. The van der Waals surface area contributed by atoms with Gasteiger partial charge in [0, 0.05) is 11.9 Å². The molecule has 26 heavy (non-hydrogen) atoms. The van der Waals surface area contributed by atoms with Crippen LogP contribution in [0, 0.1) is 6.92 Å². The van der Waals surface area contributed by atoms with E-state index in [-0.39, 0.29) is 23.2 Å². The van der Waals surface area contributed by atoms with Crippen molar-refractivity contribution < 1.29 is 4.79 Å². The van der Waals surface area contributed by atoms with Crippen molar-refractivity contribution in [3.63, 3.8) is 0 Å². The molecule has 0 fully saturated rings. The zero-order valence-electron chi connectivity index (χ0n) is 15.3. The Balaban J connectivity index is 2.01. The molecule has 0 bridgehead atoms. The monoisotopic (exact) mass is 349 g/mol. The van der Waals surface area contributed by atoms with Crippen molar-refractivity contribution in [2.45, 2.75) is 39.8 Å². The molecule has 134 valence electrons. The second kappa shape index (κ2) is 7.52. The van der Waals surface area contributed by atoms with Crippen LogP contribution in [0.3, 0.4) is 0 Å². The summed E-state index contributed by atoms with van der Waals surface area (Å²) in [5.74, 6) is -0.276. The summed E-state index contributed by atoms with van der Waals surface area (Å²) in [5.41, 5.74) is 2.31. The Morgan fingerprint density at radius 2 is 1.77 bits per heavy atom.